The summed E-state index contributed by atoms with van der Waals surface area (Å²) < 4.78 is 5.36. The highest BCUT2D eigenvalue weighted by Crippen LogP contribution is 2.16. The normalized spacial score (nSPS) is 14.6. The van der Waals surface area contributed by atoms with Gasteiger partial charge >= 0.3 is 0 Å². The van der Waals surface area contributed by atoms with Crippen molar-refractivity contribution in [1.82, 2.24) is 15.3 Å². The smallest absolute Gasteiger partial charge is 0.269 e. The van der Waals surface area contributed by atoms with E-state index in [0.29, 0.717) is 12.2 Å². The number of aryl methyl sites for hydroxylation is 1. The summed E-state index contributed by atoms with van der Waals surface area (Å²) >= 11 is 1.67. The van der Waals surface area contributed by atoms with Crippen LogP contribution >= 0.6 is 11.3 Å². The van der Waals surface area contributed by atoms with Crippen LogP contribution in [-0.4, -0.2) is 48.7 Å². The summed E-state index contributed by atoms with van der Waals surface area (Å²) in [5.74, 6) is -0.143. The molecule has 0 atom stereocenters. The van der Waals surface area contributed by atoms with E-state index in [4.69, 9.17) is 4.74 Å². The fourth-order valence-electron chi connectivity index (χ4n) is 2.58. The van der Waals surface area contributed by atoms with Crippen molar-refractivity contribution >= 4 is 22.9 Å². The number of morpholine rings is 1. The van der Waals surface area contributed by atoms with Crippen LogP contribution in [0.15, 0.2) is 23.7 Å². The van der Waals surface area contributed by atoms with Crippen molar-refractivity contribution < 1.29 is 9.53 Å². The van der Waals surface area contributed by atoms with E-state index in [-0.39, 0.29) is 5.91 Å². The third kappa shape index (κ3) is 4.30. The second-order valence-electron chi connectivity index (χ2n) is 5.59. The van der Waals surface area contributed by atoms with E-state index >= 15 is 0 Å². The van der Waals surface area contributed by atoms with E-state index in [1.165, 1.54) is 0 Å². The summed E-state index contributed by atoms with van der Waals surface area (Å²) in [6.45, 7) is 5.78. The van der Waals surface area contributed by atoms with Crippen LogP contribution in [0.2, 0.25) is 0 Å². The molecule has 0 unspecified atom stereocenters. The van der Waals surface area contributed by atoms with Crippen molar-refractivity contribution in [3.05, 3.63) is 40.1 Å². The zero-order valence-electron chi connectivity index (χ0n) is 13.8. The van der Waals surface area contributed by atoms with E-state index in [1.807, 2.05) is 12.1 Å². The molecule has 7 heteroatoms. The second-order valence-corrected chi connectivity index (χ2v) is 6.53. The zero-order valence-corrected chi connectivity index (χ0v) is 14.6. The summed E-state index contributed by atoms with van der Waals surface area (Å²) in [6, 6.07) is 3.78. The summed E-state index contributed by atoms with van der Waals surface area (Å²) in [6.07, 6.45) is 3.38. The summed E-state index contributed by atoms with van der Waals surface area (Å²) in [5, 5.41) is 6.12. The Hall–Kier alpha value is -1.99. The molecule has 0 aliphatic carbocycles. The van der Waals surface area contributed by atoms with E-state index < -0.39 is 0 Å². The molecule has 1 fully saturated rings. The van der Waals surface area contributed by atoms with Crippen LogP contribution in [0, 0.1) is 0 Å². The van der Waals surface area contributed by atoms with Gasteiger partial charge in [-0.2, -0.15) is 0 Å². The number of anilines is 1. The Morgan fingerprint density at radius 1 is 1.42 bits per heavy atom. The Labute approximate surface area is 145 Å². The number of rotatable bonds is 6. The first-order valence-electron chi connectivity index (χ1n) is 8.26. The van der Waals surface area contributed by atoms with Crippen LogP contribution in [0.3, 0.4) is 0 Å². The van der Waals surface area contributed by atoms with Crippen molar-refractivity contribution in [3.8, 4) is 0 Å². The number of nitrogens with one attached hydrogen (secondary N) is 1. The second kappa shape index (κ2) is 8.21. The molecule has 1 amide bonds. The van der Waals surface area contributed by atoms with Gasteiger partial charge in [0.25, 0.3) is 5.91 Å². The molecule has 0 radical (unpaired) electrons. The highest BCUT2D eigenvalue weighted by atomic mass is 32.1. The monoisotopic (exact) mass is 346 g/mol. The van der Waals surface area contributed by atoms with Crippen LogP contribution in [0.25, 0.3) is 0 Å². The van der Waals surface area contributed by atoms with E-state index in [1.54, 1.807) is 17.5 Å². The molecule has 2 aromatic rings. The Bertz CT molecular complexity index is 683. The van der Waals surface area contributed by atoms with Crippen molar-refractivity contribution in [2.75, 3.05) is 37.7 Å². The number of hydrogen-bond donors (Lipinski definition) is 1. The standard InChI is InChI=1S/C17H22N4O2S/c1-2-16-20-13(12-24-16)3-5-19-17(22)15-11-14(4-6-18-15)21-7-9-23-10-8-21/h4,6,11-12H,2-3,5,7-10H2,1H3,(H,19,22). The van der Waals surface area contributed by atoms with Crippen LogP contribution < -0.4 is 10.2 Å². The van der Waals surface area contributed by atoms with Gasteiger partial charge < -0.3 is 15.0 Å². The minimum atomic E-state index is -0.143. The van der Waals surface area contributed by atoms with Gasteiger partial charge in [-0.1, -0.05) is 6.92 Å². The third-order valence-electron chi connectivity index (χ3n) is 3.92. The lowest BCUT2D eigenvalue weighted by Gasteiger charge is -2.28. The van der Waals surface area contributed by atoms with Gasteiger partial charge in [-0.15, -0.1) is 11.3 Å². The molecule has 0 bridgehead atoms. The topological polar surface area (TPSA) is 67.4 Å². The molecule has 1 N–H and O–H groups in total. The number of nitrogens with zero attached hydrogens (tertiary/aromatic N) is 3. The number of carbonyl (C=O) groups excluding carboxylic acids is 1. The first-order chi connectivity index (χ1) is 11.8. The van der Waals surface area contributed by atoms with Gasteiger partial charge in [0.2, 0.25) is 0 Å². The van der Waals surface area contributed by atoms with Crippen LogP contribution in [0.5, 0.6) is 0 Å². The fraction of sp³-hybridized carbons (Fsp3) is 0.471. The minimum absolute atomic E-state index is 0.143. The molecule has 2 aromatic heterocycles. The zero-order chi connectivity index (χ0) is 16.8. The predicted octanol–water partition coefficient (Wildman–Crippen LogP) is 1.91. The predicted molar refractivity (Wildman–Crippen MR) is 94.8 cm³/mol. The van der Waals surface area contributed by atoms with Gasteiger partial charge in [0.1, 0.15) is 5.69 Å². The van der Waals surface area contributed by atoms with Crippen molar-refractivity contribution in [2.45, 2.75) is 19.8 Å². The molecule has 3 heterocycles. The molecule has 1 aliphatic heterocycles. The maximum Gasteiger partial charge on any atom is 0.269 e. The van der Waals surface area contributed by atoms with Gasteiger partial charge in [0, 0.05) is 43.3 Å². The van der Waals surface area contributed by atoms with E-state index in [9.17, 15) is 4.79 Å². The lowest BCUT2D eigenvalue weighted by Crippen LogP contribution is -2.36. The summed E-state index contributed by atoms with van der Waals surface area (Å²) in [7, 11) is 0. The minimum Gasteiger partial charge on any atom is -0.378 e. The van der Waals surface area contributed by atoms with Gasteiger partial charge in [-0.05, 0) is 18.6 Å². The Kier molecular flexibility index (Phi) is 5.77. The molecular weight excluding hydrogens is 324 g/mol. The summed E-state index contributed by atoms with van der Waals surface area (Å²) in [4.78, 5) is 23.2. The lowest BCUT2D eigenvalue weighted by molar-refractivity contribution is 0.0949. The maximum absolute atomic E-state index is 12.3. The van der Waals surface area contributed by atoms with E-state index in [0.717, 1.165) is 55.5 Å². The van der Waals surface area contributed by atoms with Gasteiger partial charge in [-0.25, -0.2) is 4.98 Å². The average molecular weight is 346 g/mol. The largest absolute Gasteiger partial charge is 0.378 e. The van der Waals surface area contributed by atoms with Crippen LogP contribution in [0.4, 0.5) is 5.69 Å². The number of ether oxygens (including phenoxy) is 1. The number of pyridine rings is 1. The quantitative estimate of drug-likeness (QED) is 0.865. The Morgan fingerprint density at radius 3 is 3.00 bits per heavy atom. The molecule has 1 saturated heterocycles. The molecule has 0 saturated carbocycles. The first-order valence-corrected chi connectivity index (χ1v) is 9.14. The molecule has 24 heavy (non-hydrogen) atoms. The molecule has 128 valence electrons. The molecule has 6 nitrogen and oxygen atoms in total. The highest BCUT2D eigenvalue weighted by molar-refractivity contribution is 7.09. The molecule has 3 rings (SSSR count). The molecule has 0 aromatic carbocycles. The van der Waals surface area contributed by atoms with Crippen LogP contribution in [-0.2, 0) is 17.6 Å². The maximum atomic E-state index is 12.3. The van der Waals surface area contributed by atoms with Gasteiger partial charge in [0.15, 0.2) is 0 Å². The SMILES string of the molecule is CCc1nc(CCNC(=O)c2cc(N3CCOCC3)ccn2)cs1. The number of hydrogen-bond acceptors (Lipinski definition) is 6. The van der Waals surface area contributed by atoms with Gasteiger partial charge in [0.05, 0.1) is 23.9 Å². The Balaban J connectivity index is 1.54. The molecular formula is C17H22N4O2S. The molecule has 0 spiro atoms. The van der Waals surface area contributed by atoms with Crippen molar-refractivity contribution in [3.63, 3.8) is 0 Å². The van der Waals surface area contributed by atoms with Gasteiger partial charge in [-0.3, -0.25) is 9.78 Å². The summed E-state index contributed by atoms with van der Waals surface area (Å²) in [5.41, 5.74) is 2.50. The van der Waals surface area contributed by atoms with Crippen molar-refractivity contribution in [2.24, 2.45) is 0 Å². The number of thiazole rings is 1. The average Bonchev–Trinajstić information content (AvgIpc) is 3.10. The highest BCUT2D eigenvalue weighted by Gasteiger charge is 2.14. The number of amides is 1. The third-order valence-corrected chi connectivity index (χ3v) is 4.96. The molecule has 1 aliphatic rings. The Morgan fingerprint density at radius 2 is 2.25 bits per heavy atom. The fourth-order valence-corrected chi connectivity index (χ4v) is 3.36. The van der Waals surface area contributed by atoms with Crippen LogP contribution in [0.1, 0.15) is 28.1 Å². The van der Waals surface area contributed by atoms with E-state index in [2.05, 4.69) is 32.5 Å². The van der Waals surface area contributed by atoms with Crippen molar-refractivity contribution in [1.29, 1.82) is 0 Å². The number of aromatic nitrogens is 2. The number of carbonyl (C=O) groups is 1. The first kappa shape index (κ1) is 16.9. The lowest BCUT2D eigenvalue weighted by atomic mass is 10.2.